The van der Waals surface area contributed by atoms with E-state index in [1.165, 1.54) is 12.8 Å². The van der Waals surface area contributed by atoms with E-state index in [1.807, 2.05) is 18.0 Å². The van der Waals surface area contributed by atoms with Crippen LogP contribution in [0.5, 0.6) is 0 Å². The molecule has 1 aromatic rings. The Hall–Kier alpha value is -1.58. The van der Waals surface area contributed by atoms with Gasteiger partial charge in [0.1, 0.15) is 5.82 Å². The fraction of sp³-hybridized carbons (Fsp3) is 0.538. The fourth-order valence-corrected chi connectivity index (χ4v) is 2.42. The van der Waals surface area contributed by atoms with Gasteiger partial charge in [0.25, 0.3) is 5.91 Å². The van der Waals surface area contributed by atoms with Crippen LogP contribution in [0, 0.1) is 0 Å². The van der Waals surface area contributed by atoms with Crippen molar-refractivity contribution in [2.24, 2.45) is 0 Å². The monoisotopic (exact) mass is 233 g/mol. The third kappa shape index (κ3) is 2.40. The summed E-state index contributed by atoms with van der Waals surface area (Å²) in [6.07, 6.45) is 6.40. The molecule has 0 saturated heterocycles. The van der Waals surface area contributed by atoms with Crippen LogP contribution in [0.25, 0.3) is 0 Å². The quantitative estimate of drug-likeness (QED) is 0.870. The second-order valence-electron chi connectivity index (χ2n) is 4.50. The molecule has 1 aliphatic carbocycles. The summed E-state index contributed by atoms with van der Waals surface area (Å²) in [7, 11) is 3.68. The van der Waals surface area contributed by atoms with E-state index in [0.29, 0.717) is 17.4 Å². The van der Waals surface area contributed by atoms with Gasteiger partial charge in [0.05, 0.1) is 5.56 Å². The Balaban J connectivity index is 2.18. The highest BCUT2D eigenvalue weighted by Gasteiger charge is 2.25. The molecular formula is C13H19N3O. The number of anilines is 1. The molecule has 2 rings (SSSR count). The SMILES string of the molecule is CNc1ncccc1C(=O)N(C)C1CCCC1. The Morgan fingerprint density at radius 2 is 2.18 bits per heavy atom. The molecule has 1 amide bonds. The summed E-state index contributed by atoms with van der Waals surface area (Å²) in [6.45, 7) is 0. The molecule has 0 bridgehead atoms. The van der Waals surface area contributed by atoms with Gasteiger partial charge in [0.15, 0.2) is 0 Å². The molecule has 4 nitrogen and oxygen atoms in total. The number of hydrogen-bond donors (Lipinski definition) is 1. The molecule has 1 fully saturated rings. The molecule has 1 heterocycles. The van der Waals surface area contributed by atoms with E-state index >= 15 is 0 Å². The van der Waals surface area contributed by atoms with Crippen molar-refractivity contribution in [3.63, 3.8) is 0 Å². The second kappa shape index (κ2) is 5.17. The first-order valence-corrected chi connectivity index (χ1v) is 6.14. The summed E-state index contributed by atoms with van der Waals surface area (Å²) in [5, 5.41) is 2.96. The van der Waals surface area contributed by atoms with Gasteiger partial charge in [-0.05, 0) is 25.0 Å². The van der Waals surface area contributed by atoms with E-state index in [4.69, 9.17) is 0 Å². The van der Waals surface area contributed by atoms with E-state index in [9.17, 15) is 4.79 Å². The zero-order chi connectivity index (χ0) is 12.3. The lowest BCUT2D eigenvalue weighted by molar-refractivity contribution is 0.0736. The minimum atomic E-state index is 0.0642. The van der Waals surface area contributed by atoms with Crippen molar-refractivity contribution in [1.82, 2.24) is 9.88 Å². The van der Waals surface area contributed by atoms with Crippen LogP contribution in [0.2, 0.25) is 0 Å². The number of carbonyl (C=O) groups is 1. The molecule has 1 aliphatic rings. The first-order chi connectivity index (χ1) is 8.24. The lowest BCUT2D eigenvalue weighted by atomic mass is 10.1. The molecule has 1 aromatic heterocycles. The van der Waals surface area contributed by atoms with Crippen molar-refractivity contribution in [3.8, 4) is 0 Å². The molecule has 0 radical (unpaired) electrons. The minimum Gasteiger partial charge on any atom is -0.372 e. The van der Waals surface area contributed by atoms with Gasteiger partial charge in [-0.1, -0.05) is 12.8 Å². The molecule has 1 saturated carbocycles. The highest BCUT2D eigenvalue weighted by molar-refractivity contribution is 5.98. The summed E-state index contributed by atoms with van der Waals surface area (Å²) in [5.74, 6) is 0.719. The van der Waals surface area contributed by atoms with Crippen LogP contribution in [0.4, 0.5) is 5.82 Å². The van der Waals surface area contributed by atoms with Gasteiger partial charge in [-0.15, -0.1) is 0 Å². The molecule has 0 aliphatic heterocycles. The number of nitrogens with one attached hydrogen (secondary N) is 1. The molecule has 0 unspecified atom stereocenters. The summed E-state index contributed by atoms with van der Waals surface area (Å²) >= 11 is 0. The predicted octanol–water partition coefficient (Wildman–Crippen LogP) is 2.14. The number of aromatic nitrogens is 1. The maximum Gasteiger partial charge on any atom is 0.257 e. The van der Waals surface area contributed by atoms with E-state index in [2.05, 4.69) is 10.3 Å². The first-order valence-electron chi connectivity index (χ1n) is 6.14. The van der Waals surface area contributed by atoms with Crippen molar-refractivity contribution in [3.05, 3.63) is 23.9 Å². The molecule has 1 N–H and O–H groups in total. The van der Waals surface area contributed by atoms with E-state index in [-0.39, 0.29) is 5.91 Å². The Bertz CT molecular complexity index is 399. The molecule has 0 spiro atoms. The normalized spacial score (nSPS) is 15.9. The second-order valence-corrected chi connectivity index (χ2v) is 4.50. The van der Waals surface area contributed by atoms with Crippen LogP contribution >= 0.6 is 0 Å². The number of amides is 1. The maximum absolute atomic E-state index is 12.4. The Morgan fingerprint density at radius 1 is 1.47 bits per heavy atom. The zero-order valence-electron chi connectivity index (χ0n) is 10.4. The third-order valence-electron chi connectivity index (χ3n) is 3.47. The van der Waals surface area contributed by atoms with Gasteiger partial charge >= 0.3 is 0 Å². The minimum absolute atomic E-state index is 0.0642. The summed E-state index contributed by atoms with van der Waals surface area (Å²) < 4.78 is 0. The van der Waals surface area contributed by atoms with Crippen molar-refractivity contribution < 1.29 is 4.79 Å². The predicted molar refractivity (Wildman–Crippen MR) is 68.1 cm³/mol. The fourth-order valence-electron chi connectivity index (χ4n) is 2.42. The van der Waals surface area contributed by atoms with Gasteiger partial charge in [-0.2, -0.15) is 0 Å². The number of rotatable bonds is 3. The summed E-state index contributed by atoms with van der Waals surface area (Å²) in [6, 6.07) is 4.02. The first kappa shape index (κ1) is 11.9. The Morgan fingerprint density at radius 3 is 2.82 bits per heavy atom. The largest absolute Gasteiger partial charge is 0.372 e. The molecule has 0 atom stereocenters. The van der Waals surface area contributed by atoms with Crippen LogP contribution in [0.15, 0.2) is 18.3 Å². The van der Waals surface area contributed by atoms with Crippen LogP contribution < -0.4 is 5.32 Å². The number of nitrogens with zero attached hydrogens (tertiary/aromatic N) is 2. The Kier molecular flexibility index (Phi) is 3.61. The molecule has 17 heavy (non-hydrogen) atoms. The number of carbonyl (C=O) groups excluding carboxylic acids is 1. The molecule has 4 heteroatoms. The van der Waals surface area contributed by atoms with Crippen LogP contribution in [0.3, 0.4) is 0 Å². The highest BCUT2D eigenvalue weighted by atomic mass is 16.2. The van der Waals surface area contributed by atoms with Crippen molar-refractivity contribution in [2.45, 2.75) is 31.7 Å². The third-order valence-corrected chi connectivity index (χ3v) is 3.47. The highest BCUT2D eigenvalue weighted by Crippen LogP contribution is 2.24. The summed E-state index contributed by atoms with van der Waals surface area (Å²) in [4.78, 5) is 18.4. The van der Waals surface area contributed by atoms with Crippen LogP contribution in [0.1, 0.15) is 36.0 Å². The van der Waals surface area contributed by atoms with Gasteiger partial charge in [-0.3, -0.25) is 4.79 Å². The summed E-state index contributed by atoms with van der Waals surface area (Å²) in [5.41, 5.74) is 0.657. The smallest absolute Gasteiger partial charge is 0.257 e. The standard InChI is InChI=1S/C13H19N3O/c1-14-12-11(8-5-9-15-12)13(17)16(2)10-6-3-4-7-10/h5,8-10H,3-4,6-7H2,1-2H3,(H,14,15). The molecule has 92 valence electrons. The van der Waals surface area contributed by atoms with Gasteiger partial charge < -0.3 is 10.2 Å². The number of pyridine rings is 1. The van der Waals surface area contributed by atoms with Gasteiger partial charge in [-0.25, -0.2) is 4.98 Å². The lowest BCUT2D eigenvalue weighted by Crippen LogP contribution is -2.35. The van der Waals surface area contributed by atoms with Crippen molar-refractivity contribution in [1.29, 1.82) is 0 Å². The van der Waals surface area contributed by atoms with Gasteiger partial charge in [0, 0.05) is 26.3 Å². The van der Waals surface area contributed by atoms with E-state index in [0.717, 1.165) is 12.8 Å². The Labute approximate surface area is 102 Å². The zero-order valence-corrected chi connectivity index (χ0v) is 10.4. The van der Waals surface area contributed by atoms with Crippen molar-refractivity contribution in [2.75, 3.05) is 19.4 Å². The topological polar surface area (TPSA) is 45.2 Å². The van der Waals surface area contributed by atoms with E-state index < -0.39 is 0 Å². The average molecular weight is 233 g/mol. The average Bonchev–Trinajstić information content (AvgIpc) is 2.90. The molecular weight excluding hydrogens is 214 g/mol. The van der Waals surface area contributed by atoms with Crippen LogP contribution in [-0.2, 0) is 0 Å². The molecule has 0 aromatic carbocycles. The lowest BCUT2D eigenvalue weighted by Gasteiger charge is -2.24. The van der Waals surface area contributed by atoms with Crippen molar-refractivity contribution >= 4 is 11.7 Å². The van der Waals surface area contributed by atoms with Gasteiger partial charge in [0.2, 0.25) is 0 Å². The maximum atomic E-state index is 12.4. The van der Waals surface area contributed by atoms with Crippen LogP contribution in [-0.4, -0.2) is 35.9 Å². The number of hydrogen-bond acceptors (Lipinski definition) is 3. The van der Waals surface area contributed by atoms with E-state index in [1.54, 1.807) is 19.3 Å².